The Hall–Kier alpha value is -2.77. The first-order chi connectivity index (χ1) is 10.5. The molecule has 7 nitrogen and oxygen atoms in total. The molecule has 1 aliphatic rings. The Morgan fingerprint density at radius 2 is 2.14 bits per heavy atom. The Balaban J connectivity index is 1.94. The molecule has 1 amide bonds. The Morgan fingerprint density at radius 1 is 1.36 bits per heavy atom. The number of esters is 1. The lowest BCUT2D eigenvalue weighted by Crippen LogP contribution is -2.31. The number of hydrogen-bond acceptors (Lipinski definition) is 6. The van der Waals surface area contributed by atoms with Gasteiger partial charge in [-0.15, -0.1) is 0 Å². The molecule has 8 heteroatoms. The lowest BCUT2D eigenvalue weighted by molar-refractivity contribution is -0.134. The van der Waals surface area contributed by atoms with Gasteiger partial charge in [-0.1, -0.05) is 0 Å². The zero-order valence-corrected chi connectivity index (χ0v) is 11.7. The predicted octanol–water partition coefficient (Wildman–Crippen LogP) is 0.826. The second kappa shape index (κ2) is 6.79. The highest BCUT2D eigenvalue weighted by atomic mass is 19.1. The molecule has 1 aromatic rings. The summed E-state index contributed by atoms with van der Waals surface area (Å²) in [5, 5.41) is 3.55. The van der Waals surface area contributed by atoms with E-state index >= 15 is 0 Å². The van der Waals surface area contributed by atoms with E-state index in [1.165, 1.54) is 19.2 Å². The van der Waals surface area contributed by atoms with E-state index in [-0.39, 0.29) is 35.8 Å². The molecule has 1 heterocycles. The number of nitrogens with one attached hydrogen (secondary N) is 1. The number of carbonyl (C=O) groups excluding carboxylic acids is 3. The number of nitrogens with zero attached hydrogens (tertiary/aromatic N) is 1. The number of carbonyl (C=O) groups is 3. The van der Waals surface area contributed by atoms with Crippen molar-refractivity contribution in [2.45, 2.75) is 12.8 Å². The Bertz CT molecular complexity index is 657. The van der Waals surface area contributed by atoms with Crippen LogP contribution in [0.4, 0.5) is 4.39 Å². The Labute approximate surface area is 125 Å². The summed E-state index contributed by atoms with van der Waals surface area (Å²) in [6.45, 7) is -0.544. The average molecular weight is 308 g/mol. The molecule has 0 atom stereocenters. The number of hydrazone groups is 1. The van der Waals surface area contributed by atoms with Crippen molar-refractivity contribution in [2.24, 2.45) is 5.10 Å². The van der Waals surface area contributed by atoms with E-state index in [0.29, 0.717) is 0 Å². The number of ether oxygens (including phenoxy) is 2. The normalized spacial score (nSPS) is 13.9. The highest BCUT2D eigenvalue weighted by Gasteiger charge is 2.21. The van der Waals surface area contributed by atoms with Crippen molar-refractivity contribution in [2.75, 3.05) is 13.7 Å². The van der Waals surface area contributed by atoms with Gasteiger partial charge in [0.25, 0.3) is 0 Å². The first kappa shape index (κ1) is 15.6. The quantitative estimate of drug-likeness (QED) is 0.642. The molecule has 0 spiro atoms. The zero-order chi connectivity index (χ0) is 16.1. The first-order valence-corrected chi connectivity index (χ1v) is 6.40. The fourth-order valence-electron chi connectivity index (χ4n) is 1.76. The van der Waals surface area contributed by atoms with Gasteiger partial charge in [0.05, 0.1) is 7.11 Å². The molecule has 0 radical (unpaired) electrons. The average Bonchev–Trinajstić information content (AvgIpc) is 2.52. The van der Waals surface area contributed by atoms with E-state index in [1.807, 2.05) is 0 Å². The van der Waals surface area contributed by atoms with Gasteiger partial charge in [-0.05, 0) is 18.2 Å². The molecule has 1 N–H and O–H groups in total. The molecule has 116 valence electrons. The van der Waals surface area contributed by atoms with Crippen molar-refractivity contribution in [3.63, 3.8) is 0 Å². The van der Waals surface area contributed by atoms with Gasteiger partial charge in [-0.2, -0.15) is 5.10 Å². The highest BCUT2D eigenvalue weighted by molar-refractivity contribution is 6.37. The number of hydrogen-bond donors (Lipinski definition) is 1. The number of rotatable bonds is 5. The third-order valence-electron chi connectivity index (χ3n) is 2.95. The lowest BCUT2D eigenvalue weighted by atomic mass is 10.1. The fraction of sp³-hybridized carbons (Fsp3) is 0.286. The number of halogens is 1. The lowest BCUT2D eigenvalue weighted by Gasteiger charge is -2.11. The number of amides is 1. The van der Waals surface area contributed by atoms with Gasteiger partial charge >= 0.3 is 5.97 Å². The molecule has 0 saturated carbocycles. The van der Waals surface area contributed by atoms with Crippen molar-refractivity contribution in [3.8, 4) is 5.75 Å². The third-order valence-corrected chi connectivity index (χ3v) is 2.95. The van der Waals surface area contributed by atoms with Crippen LogP contribution in [0.15, 0.2) is 23.3 Å². The van der Waals surface area contributed by atoms with E-state index in [1.54, 1.807) is 0 Å². The summed E-state index contributed by atoms with van der Waals surface area (Å²) in [6.07, 6.45) is 0.279. The van der Waals surface area contributed by atoms with Crippen LogP contribution in [0.1, 0.15) is 23.2 Å². The van der Waals surface area contributed by atoms with Crippen LogP contribution < -0.4 is 10.2 Å². The second-order valence-electron chi connectivity index (χ2n) is 4.44. The zero-order valence-electron chi connectivity index (χ0n) is 11.7. The topological polar surface area (TPSA) is 94.1 Å². The van der Waals surface area contributed by atoms with E-state index in [0.717, 1.165) is 6.07 Å². The van der Waals surface area contributed by atoms with Crippen LogP contribution in [-0.2, 0) is 14.3 Å². The highest BCUT2D eigenvalue weighted by Crippen LogP contribution is 2.18. The van der Waals surface area contributed by atoms with Crippen molar-refractivity contribution < 1.29 is 28.2 Å². The van der Waals surface area contributed by atoms with Crippen molar-refractivity contribution in [1.82, 2.24) is 5.43 Å². The monoisotopic (exact) mass is 308 g/mol. The molecule has 1 aliphatic heterocycles. The number of Topliss-reactive ketones (excluding diaryl/α,β-unsaturated/α-hetero) is 1. The molecule has 22 heavy (non-hydrogen) atoms. The van der Waals surface area contributed by atoms with Gasteiger partial charge in [0.15, 0.2) is 24.0 Å². The molecule has 2 rings (SSSR count). The molecular formula is C14H13FN2O5. The number of methoxy groups -OCH3 is 1. The smallest absolute Gasteiger partial charge is 0.354 e. The van der Waals surface area contributed by atoms with Crippen LogP contribution in [0, 0.1) is 5.82 Å². The van der Waals surface area contributed by atoms with Crippen LogP contribution in [0.5, 0.6) is 5.75 Å². The summed E-state index contributed by atoms with van der Waals surface area (Å²) in [7, 11) is 1.31. The van der Waals surface area contributed by atoms with Crippen molar-refractivity contribution in [3.05, 3.63) is 29.6 Å². The maximum atomic E-state index is 13.5. The first-order valence-electron chi connectivity index (χ1n) is 6.40. The van der Waals surface area contributed by atoms with E-state index in [2.05, 4.69) is 10.5 Å². The minimum atomic E-state index is -0.790. The maximum absolute atomic E-state index is 13.5. The van der Waals surface area contributed by atoms with Gasteiger partial charge in [0.1, 0.15) is 5.71 Å². The standard InChI is InChI=1S/C14H13FN2O5/c1-21-12-4-2-8(6-9(12)15)11(18)7-22-14(20)10-3-5-13(19)17-16-10/h2,4,6H,3,5,7H2,1H3,(H,17,19). The SMILES string of the molecule is COc1ccc(C(=O)COC(=O)C2=NNC(=O)CC2)cc1F. The van der Waals surface area contributed by atoms with Gasteiger partial charge in [0, 0.05) is 18.4 Å². The van der Waals surface area contributed by atoms with Gasteiger partial charge in [0.2, 0.25) is 5.91 Å². The van der Waals surface area contributed by atoms with Crippen LogP contribution in [0.2, 0.25) is 0 Å². The number of benzene rings is 1. The van der Waals surface area contributed by atoms with E-state index < -0.39 is 24.2 Å². The summed E-state index contributed by atoms with van der Waals surface area (Å²) in [6, 6.07) is 3.69. The summed E-state index contributed by atoms with van der Waals surface area (Å²) in [4.78, 5) is 34.4. The summed E-state index contributed by atoms with van der Waals surface area (Å²) >= 11 is 0. The number of ketones is 1. The van der Waals surface area contributed by atoms with Crippen LogP contribution in [0.3, 0.4) is 0 Å². The minimum Gasteiger partial charge on any atom is -0.494 e. The molecule has 0 aliphatic carbocycles. The molecule has 0 aromatic heterocycles. The molecule has 0 unspecified atom stereocenters. The predicted molar refractivity (Wildman–Crippen MR) is 73.1 cm³/mol. The van der Waals surface area contributed by atoms with E-state index in [4.69, 9.17) is 9.47 Å². The molecular weight excluding hydrogens is 295 g/mol. The van der Waals surface area contributed by atoms with Crippen molar-refractivity contribution in [1.29, 1.82) is 0 Å². The molecule has 0 saturated heterocycles. The Morgan fingerprint density at radius 3 is 2.73 bits per heavy atom. The maximum Gasteiger partial charge on any atom is 0.354 e. The molecule has 0 fully saturated rings. The van der Waals surface area contributed by atoms with Gasteiger partial charge in [-0.25, -0.2) is 14.6 Å². The Kier molecular flexibility index (Phi) is 4.82. The third kappa shape index (κ3) is 3.66. The van der Waals surface area contributed by atoms with Crippen LogP contribution in [0.25, 0.3) is 0 Å². The minimum absolute atomic E-state index is 0.0147. The van der Waals surface area contributed by atoms with Gasteiger partial charge < -0.3 is 9.47 Å². The summed E-state index contributed by atoms with van der Waals surface area (Å²) < 4.78 is 23.0. The van der Waals surface area contributed by atoms with Gasteiger partial charge in [-0.3, -0.25) is 9.59 Å². The van der Waals surface area contributed by atoms with Crippen LogP contribution >= 0.6 is 0 Å². The second-order valence-corrected chi connectivity index (χ2v) is 4.44. The fourth-order valence-corrected chi connectivity index (χ4v) is 1.76. The van der Waals surface area contributed by atoms with E-state index in [9.17, 15) is 18.8 Å². The molecule has 0 bridgehead atoms. The largest absolute Gasteiger partial charge is 0.494 e. The van der Waals surface area contributed by atoms with Crippen molar-refractivity contribution >= 4 is 23.4 Å². The summed E-state index contributed by atoms with van der Waals surface area (Å²) in [5.74, 6) is -2.31. The van der Waals surface area contributed by atoms with Crippen LogP contribution in [-0.4, -0.2) is 37.1 Å². The molecule has 1 aromatic carbocycles. The summed E-state index contributed by atoms with van der Waals surface area (Å²) in [5.41, 5.74) is 2.25.